The Labute approximate surface area is 208 Å². The van der Waals surface area contributed by atoms with E-state index >= 15 is 0 Å². The van der Waals surface area contributed by atoms with Gasteiger partial charge in [0.2, 0.25) is 0 Å². The molecule has 0 aliphatic rings. The van der Waals surface area contributed by atoms with Crippen LogP contribution >= 0.6 is 47.8 Å². The number of amides is 1. The van der Waals surface area contributed by atoms with E-state index in [1.54, 1.807) is 30.3 Å². The fourth-order valence-corrected chi connectivity index (χ4v) is 4.71. The van der Waals surface area contributed by atoms with Crippen molar-refractivity contribution in [3.05, 3.63) is 96.8 Å². The highest BCUT2D eigenvalue weighted by Gasteiger charge is 2.14. The third-order valence-electron chi connectivity index (χ3n) is 4.40. The first-order valence-electron chi connectivity index (χ1n) is 9.28. The second-order valence-electron chi connectivity index (χ2n) is 6.72. The topological polar surface area (TPSA) is 63.8 Å². The van der Waals surface area contributed by atoms with E-state index in [9.17, 15) is 9.18 Å². The SMILES string of the molecule is O=C(N/N=C\c1ccc(OCc2ccc(F)cc2)c(Br)c1)c1cc2cc(Br)cc(Br)c2o1. The van der Waals surface area contributed by atoms with Gasteiger partial charge in [-0.2, -0.15) is 5.10 Å². The number of hydrazone groups is 1. The highest BCUT2D eigenvalue weighted by molar-refractivity contribution is 9.11. The highest BCUT2D eigenvalue weighted by atomic mass is 79.9. The molecular weight excluding hydrogens is 611 g/mol. The van der Waals surface area contributed by atoms with Crippen molar-refractivity contribution in [2.75, 3.05) is 0 Å². The van der Waals surface area contributed by atoms with Gasteiger partial charge < -0.3 is 9.15 Å². The molecule has 1 aromatic heterocycles. The molecule has 4 rings (SSSR count). The number of carbonyl (C=O) groups is 1. The maximum absolute atomic E-state index is 13.0. The second-order valence-corrected chi connectivity index (χ2v) is 9.35. The van der Waals surface area contributed by atoms with Crippen molar-refractivity contribution in [3.63, 3.8) is 0 Å². The summed E-state index contributed by atoms with van der Waals surface area (Å²) in [4.78, 5) is 12.4. The number of halogens is 4. The second kappa shape index (κ2) is 9.97. The van der Waals surface area contributed by atoms with Crippen molar-refractivity contribution in [2.45, 2.75) is 6.61 Å². The molecule has 0 atom stereocenters. The minimum atomic E-state index is -0.459. The molecule has 162 valence electrons. The molecule has 1 amide bonds. The van der Waals surface area contributed by atoms with Crippen LogP contribution in [0.5, 0.6) is 5.75 Å². The largest absolute Gasteiger partial charge is 0.488 e. The third kappa shape index (κ3) is 5.46. The van der Waals surface area contributed by atoms with Gasteiger partial charge in [0.25, 0.3) is 0 Å². The molecule has 3 aromatic carbocycles. The van der Waals surface area contributed by atoms with Gasteiger partial charge in [0.15, 0.2) is 5.76 Å². The molecule has 5 nitrogen and oxygen atoms in total. The zero-order valence-corrected chi connectivity index (χ0v) is 21.0. The summed E-state index contributed by atoms with van der Waals surface area (Å²) in [5, 5.41) is 4.79. The molecule has 0 unspecified atom stereocenters. The molecule has 0 bridgehead atoms. The van der Waals surface area contributed by atoms with E-state index < -0.39 is 5.91 Å². The summed E-state index contributed by atoms with van der Waals surface area (Å²) in [5.74, 6) is 0.0434. The first-order valence-corrected chi connectivity index (χ1v) is 11.7. The molecular formula is C23H14Br3FN2O3. The van der Waals surface area contributed by atoms with Gasteiger partial charge in [0.05, 0.1) is 15.2 Å². The Hall–Kier alpha value is -2.49. The van der Waals surface area contributed by atoms with Crippen molar-refractivity contribution in [3.8, 4) is 5.75 Å². The molecule has 0 radical (unpaired) electrons. The maximum atomic E-state index is 13.0. The standard InChI is InChI=1S/C23H14Br3FN2O3/c24-16-8-15-9-21(32-22(15)19(26)10-16)23(30)29-28-11-14-3-6-20(18(25)7-14)31-12-13-1-4-17(27)5-2-13/h1-11H,12H2,(H,29,30)/b28-11-. The number of furan rings is 1. The zero-order chi connectivity index (χ0) is 22.7. The van der Waals surface area contributed by atoms with Crippen LogP contribution in [-0.4, -0.2) is 12.1 Å². The minimum Gasteiger partial charge on any atom is -0.488 e. The first kappa shape index (κ1) is 22.7. The summed E-state index contributed by atoms with van der Waals surface area (Å²) in [6, 6.07) is 16.9. The monoisotopic (exact) mass is 622 g/mol. The molecule has 0 aliphatic carbocycles. The first-order chi connectivity index (χ1) is 15.4. The Morgan fingerprint density at radius 3 is 2.56 bits per heavy atom. The molecule has 0 aliphatic heterocycles. The van der Waals surface area contributed by atoms with E-state index in [1.807, 2.05) is 18.2 Å². The van der Waals surface area contributed by atoms with Gasteiger partial charge in [-0.05, 0) is 91.5 Å². The number of benzene rings is 3. The molecule has 32 heavy (non-hydrogen) atoms. The average Bonchev–Trinajstić information content (AvgIpc) is 3.19. The van der Waals surface area contributed by atoms with Gasteiger partial charge in [-0.3, -0.25) is 4.79 Å². The van der Waals surface area contributed by atoms with Crippen LogP contribution < -0.4 is 10.2 Å². The molecule has 0 fully saturated rings. The van der Waals surface area contributed by atoms with E-state index in [-0.39, 0.29) is 11.6 Å². The van der Waals surface area contributed by atoms with Gasteiger partial charge in [-0.15, -0.1) is 0 Å². The summed E-state index contributed by atoms with van der Waals surface area (Å²) < 4.78 is 26.7. The molecule has 1 N–H and O–H groups in total. The normalized spacial score (nSPS) is 11.2. The van der Waals surface area contributed by atoms with Crippen LogP contribution in [0, 0.1) is 5.82 Å². The Morgan fingerprint density at radius 1 is 1.03 bits per heavy atom. The predicted octanol–water partition coefficient (Wildman–Crippen LogP) is 7.20. The molecule has 0 saturated carbocycles. The number of fused-ring (bicyclic) bond motifs is 1. The third-order valence-corrected chi connectivity index (χ3v) is 6.07. The Kier molecular flexibility index (Phi) is 7.07. The van der Waals surface area contributed by atoms with Gasteiger partial charge in [-0.1, -0.05) is 28.1 Å². The van der Waals surface area contributed by atoms with Crippen LogP contribution in [0.25, 0.3) is 11.0 Å². The van der Waals surface area contributed by atoms with Crippen molar-refractivity contribution in [1.82, 2.24) is 5.43 Å². The van der Waals surface area contributed by atoms with Gasteiger partial charge in [-0.25, -0.2) is 9.82 Å². The van der Waals surface area contributed by atoms with Crippen molar-refractivity contribution < 1.29 is 18.3 Å². The van der Waals surface area contributed by atoms with E-state index in [1.165, 1.54) is 18.3 Å². The lowest BCUT2D eigenvalue weighted by molar-refractivity contribution is 0.0929. The number of hydrogen-bond donors (Lipinski definition) is 1. The number of ether oxygens (including phenoxy) is 1. The van der Waals surface area contributed by atoms with E-state index in [2.05, 4.69) is 58.3 Å². The Balaban J connectivity index is 1.38. The smallest absolute Gasteiger partial charge is 0.307 e. The number of carbonyl (C=O) groups excluding carboxylic acids is 1. The Bertz CT molecular complexity index is 1320. The lowest BCUT2D eigenvalue weighted by atomic mass is 10.2. The van der Waals surface area contributed by atoms with E-state index in [0.29, 0.717) is 17.9 Å². The quantitative estimate of drug-likeness (QED) is 0.182. The summed E-state index contributed by atoms with van der Waals surface area (Å²) in [7, 11) is 0. The molecule has 1 heterocycles. The van der Waals surface area contributed by atoms with Gasteiger partial charge in [0.1, 0.15) is 23.8 Å². The van der Waals surface area contributed by atoms with Crippen LogP contribution in [0.3, 0.4) is 0 Å². The van der Waals surface area contributed by atoms with Crippen LogP contribution in [0.4, 0.5) is 4.39 Å². The maximum Gasteiger partial charge on any atom is 0.307 e. The molecule has 0 spiro atoms. The van der Waals surface area contributed by atoms with Gasteiger partial charge >= 0.3 is 5.91 Å². The predicted molar refractivity (Wildman–Crippen MR) is 132 cm³/mol. The van der Waals surface area contributed by atoms with Crippen molar-refractivity contribution in [1.29, 1.82) is 0 Å². The molecule has 9 heteroatoms. The van der Waals surface area contributed by atoms with E-state index in [4.69, 9.17) is 9.15 Å². The van der Waals surface area contributed by atoms with Crippen LogP contribution in [0.15, 0.2) is 83.6 Å². The van der Waals surface area contributed by atoms with Crippen LogP contribution in [0.2, 0.25) is 0 Å². The van der Waals surface area contributed by atoms with Crippen LogP contribution in [-0.2, 0) is 6.61 Å². The fourth-order valence-electron chi connectivity index (χ4n) is 2.86. The number of rotatable bonds is 6. The lowest BCUT2D eigenvalue weighted by Gasteiger charge is -2.09. The summed E-state index contributed by atoms with van der Waals surface area (Å²) in [6.07, 6.45) is 1.52. The Morgan fingerprint density at radius 2 is 1.81 bits per heavy atom. The zero-order valence-electron chi connectivity index (χ0n) is 16.2. The fraction of sp³-hybridized carbons (Fsp3) is 0.0435. The lowest BCUT2D eigenvalue weighted by Crippen LogP contribution is -2.16. The van der Waals surface area contributed by atoms with Crippen molar-refractivity contribution >= 4 is 70.9 Å². The van der Waals surface area contributed by atoms with Crippen molar-refractivity contribution in [2.24, 2.45) is 5.10 Å². The summed E-state index contributed by atoms with van der Waals surface area (Å²) in [6.45, 7) is 0.312. The summed E-state index contributed by atoms with van der Waals surface area (Å²) >= 11 is 10.3. The van der Waals surface area contributed by atoms with E-state index in [0.717, 1.165) is 29.9 Å². The molecule has 4 aromatic rings. The number of hydrogen-bond acceptors (Lipinski definition) is 4. The number of nitrogens with zero attached hydrogens (tertiary/aromatic N) is 1. The highest BCUT2D eigenvalue weighted by Crippen LogP contribution is 2.31. The van der Waals surface area contributed by atoms with Crippen LogP contribution in [0.1, 0.15) is 21.7 Å². The average molecular weight is 625 g/mol. The van der Waals surface area contributed by atoms with Gasteiger partial charge in [0, 0.05) is 9.86 Å². The summed E-state index contributed by atoms with van der Waals surface area (Å²) in [5.41, 5.74) is 4.66. The number of nitrogens with one attached hydrogen (secondary N) is 1. The molecule has 0 saturated heterocycles. The minimum absolute atomic E-state index is 0.154.